The van der Waals surface area contributed by atoms with Crippen LogP contribution in [0.3, 0.4) is 0 Å². The van der Waals surface area contributed by atoms with Crippen molar-refractivity contribution < 1.29 is 13.2 Å². The van der Waals surface area contributed by atoms with E-state index >= 15 is 0 Å². The number of aryl methyl sites for hydroxylation is 2. The predicted octanol–water partition coefficient (Wildman–Crippen LogP) is 4.72. The summed E-state index contributed by atoms with van der Waals surface area (Å²) in [6.45, 7) is 3.78. The molecule has 1 aromatic carbocycles. The third-order valence-electron chi connectivity index (χ3n) is 4.77. The molecule has 0 saturated heterocycles. The number of nitrogens with zero attached hydrogens (tertiary/aromatic N) is 3. The lowest BCUT2D eigenvalue weighted by Gasteiger charge is -2.15. The molecule has 0 saturated carbocycles. The maximum absolute atomic E-state index is 13.8. The smallest absolute Gasteiger partial charge is 0.268 e. The van der Waals surface area contributed by atoms with Crippen molar-refractivity contribution in [3.63, 3.8) is 0 Å². The number of fused-ring (bicyclic) bond motifs is 1. The standard InChI is InChI=1S/C21H18BrN3O3S/c1-13-4-6-15(7-5-13)29(26,27)25-20-14(2)8-11-24-19(20)18(22)21(25)16-9-10-23-12-17(16)28-3/h4-12H,1-3H3. The summed E-state index contributed by atoms with van der Waals surface area (Å²) in [7, 11) is -2.39. The molecule has 0 fully saturated rings. The van der Waals surface area contributed by atoms with Crippen molar-refractivity contribution in [2.75, 3.05) is 7.11 Å². The van der Waals surface area contributed by atoms with Gasteiger partial charge in [-0.2, -0.15) is 0 Å². The lowest BCUT2D eigenvalue weighted by Crippen LogP contribution is -2.15. The summed E-state index contributed by atoms with van der Waals surface area (Å²) in [4.78, 5) is 8.72. The normalized spacial score (nSPS) is 11.7. The van der Waals surface area contributed by atoms with Gasteiger partial charge in [-0.25, -0.2) is 12.4 Å². The minimum absolute atomic E-state index is 0.199. The van der Waals surface area contributed by atoms with Crippen LogP contribution in [0.25, 0.3) is 22.3 Å². The number of methoxy groups -OCH3 is 1. The molecular weight excluding hydrogens is 454 g/mol. The Hall–Kier alpha value is -2.71. The monoisotopic (exact) mass is 471 g/mol. The van der Waals surface area contributed by atoms with E-state index in [2.05, 4.69) is 25.9 Å². The zero-order valence-electron chi connectivity index (χ0n) is 16.0. The molecular formula is C21H18BrN3O3S. The topological polar surface area (TPSA) is 74.1 Å². The van der Waals surface area contributed by atoms with E-state index in [-0.39, 0.29) is 4.90 Å². The van der Waals surface area contributed by atoms with Crippen LogP contribution in [0.2, 0.25) is 0 Å². The summed E-state index contributed by atoms with van der Waals surface area (Å²) in [6.07, 6.45) is 4.83. The van der Waals surface area contributed by atoms with Crippen LogP contribution in [0, 0.1) is 13.8 Å². The van der Waals surface area contributed by atoms with Gasteiger partial charge < -0.3 is 4.74 Å². The summed E-state index contributed by atoms with van der Waals surface area (Å²) >= 11 is 3.59. The van der Waals surface area contributed by atoms with Gasteiger partial charge in [0.1, 0.15) is 11.3 Å². The third-order valence-corrected chi connectivity index (χ3v) is 7.23. The molecule has 0 radical (unpaired) electrons. The lowest BCUT2D eigenvalue weighted by atomic mass is 10.2. The minimum atomic E-state index is -3.92. The Labute approximate surface area is 177 Å². The first-order chi connectivity index (χ1) is 13.9. The molecule has 4 rings (SSSR count). The van der Waals surface area contributed by atoms with Crippen LogP contribution in [0.15, 0.2) is 64.4 Å². The van der Waals surface area contributed by atoms with E-state index in [1.54, 1.807) is 55.0 Å². The zero-order chi connectivity index (χ0) is 20.8. The summed E-state index contributed by atoms with van der Waals surface area (Å²) in [5.41, 5.74) is 3.91. The van der Waals surface area contributed by atoms with E-state index in [0.717, 1.165) is 11.1 Å². The minimum Gasteiger partial charge on any atom is -0.494 e. The van der Waals surface area contributed by atoms with Gasteiger partial charge in [0, 0.05) is 18.0 Å². The van der Waals surface area contributed by atoms with Gasteiger partial charge in [-0.05, 0) is 59.6 Å². The highest BCUT2D eigenvalue weighted by Gasteiger charge is 2.30. The van der Waals surface area contributed by atoms with Gasteiger partial charge in [0.05, 0.1) is 33.9 Å². The summed E-state index contributed by atoms with van der Waals surface area (Å²) in [6, 6.07) is 10.3. The largest absolute Gasteiger partial charge is 0.494 e. The van der Waals surface area contributed by atoms with Gasteiger partial charge in [0.2, 0.25) is 0 Å². The molecule has 4 aromatic rings. The number of pyridine rings is 2. The molecule has 0 atom stereocenters. The van der Waals surface area contributed by atoms with E-state index in [9.17, 15) is 8.42 Å². The van der Waals surface area contributed by atoms with Crippen molar-refractivity contribution in [1.82, 2.24) is 13.9 Å². The molecule has 0 N–H and O–H groups in total. The van der Waals surface area contributed by atoms with Crippen LogP contribution in [0.5, 0.6) is 5.75 Å². The van der Waals surface area contributed by atoms with Gasteiger partial charge in [-0.15, -0.1) is 0 Å². The van der Waals surface area contributed by atoms with Gasteiger partial charge in [0.15, 0.2) is 0 Å². The summed E-state index contributed by atoms with van der Waals surface area (Å²) in [5.74, 6) is 0.467. The second kappa shape index (κ2) is 7.27. The molecule has 0 aliphatic heterocycles. The zero-order valence-corrected chi connectivity index (χ0v) is 18.5. The van der Waals surface area contributed by atoms with Crippen molar-refractivity contribution in [1.29, 1.82) is 0 Å². The maximum atomic E-state index is 13.8. The Morgan fingerprint density at radius 1 is 1.03 bits per heavy atom. The van der Waals surface area contributed by atoms with Gasteiger partial charge in [-0.3, -0.25) is 9.97 Å². The average Bonchev–Trinajstić information content (AvgIpc) is 3.03. The average molecular weight is 472 g/mol. The number of ether oxygens (including phenoxy) is 1. The van der Waals surface area contributed by atoms with Crippen molar-refractivity contribution in [2.45, 2.75) is 18.7 Å². The Morgan fingerprint density at radius 2 is 1.76 bits per heavy atom. The van der Waals surface area contributed by atoms with E-state index in [0.29, 0.717) is 32.5 Å². The molecule has 6 nitrogen and oxygen atoms in total. The summed E-state index contributed by atoms with van der Waals surface area (Å²) < 4.78 is 34.9. The van der Waals surface area contributed by atoms with Crippen molar-refractivity contribution in [2.24, 2.45) is 0 Å². The number of hydrogen-bond acceptors (Lipinski definition) is 5. The number of hydrogen-bond donors (Lipinski definition) is 0. The van der Waals surface area contributed by atoms with Crippen LogP contribution in [-0.2, 0) is 10.0 Å². The summed E-state index contributed by atoms with van der Waals surface area (Å²) in [5, 5.41) is 0. The fourth-order valence-electron chi connectivity index (χ4n) is 3.30. The first kappa shape index (κ1) is 19.6. The highest BCUT2D eigenvalue weighted by molar-refractivity contribution is 9.10. The van der Waals surface area contributed by atoms with Crippen molar-refractivity contribution in [3.05, 3.63) is 70.6 Å². The fraction of sp³-hybridized carbons (Fsp3) is 0.143. The molecule has 8 heteroatoms. The van der Waals surface area contributed by atoms with Crippen LogP contribution in [0.4, 0.5) is 0 Å². The van der Waals surface area contributed by atoms with Crippen molar-refractivity contribution >= 4 is 37.0 Å². The molecule has 0 aliphatic carbocycles. The Kier molecular flexibility index (Phi) is 4.92. The van der Waals surface area contributed by atoms with Crippen molar-refractivity contribution in [3.8, 4) is 17.0 Å². The number of halogens is 1. The Balaban J connectivity index is 2.17. The molecule has 29 heavy (non-hydrogen) atoms. The molecule has 3 aromatic heterocycles. The molecule has 3 heterocycles. The predicted molar refractivity (Wildman–Crippen MR) is 116 cm³/mol. The molecule has 148 valence electrons. The molecule has 0 spiro atoms. The first-order valence-corrected chi connectivity index (χ1v) is 11.1. The van der Waals surface area contributed by atoms with Crippen LogP contribution in [-0.4, -0.2) is 29.5 Å². The Morgan fingerprint density at radius 3 is 2.45 bits per heavy atom. The maximum Gasteiger partial charge on any atom is 0.268 e. The number of rotatable bonds is 4. The first-order valence-electron chi connectivity index (χ1n) is 8.82. The van der Waals surface area contributed by atoms with Gasteiger partial charge in [0.25, 0.3) is 10.0 Å². The van der Waals surface area contributed by atoms with Crippen LogP contribution >= 0.6 is 15.9 Å². The Bertz CT molecular complexity index is 1330. The molecule has 0 bridgehead atoms. The van der Waals surface area contributed by atoms with Crippen LogP contribution < -0.4 is 4.74 Å². The van der Waals surface area contributed by atoms with Gasteiger partial charge in [-0.1, -0.05) is 17.7 Å². The quantitative estimate of drug-likeness (QED) is 0.430. The second-order valence-electron chi connectivity index (χ2n) is 6.65. The lowest BCUT2D eigenvalue weighted by molar-refractivity contribution is 0.414. The van der Waals surface area contributed by atoms with Gasteiger partial charge >= 0.3 is 0 Å². The number of benzene rings is 1. The molecule has 0 amide bonds. The number of aromatic nitrogens is 3. The van der Waals surface area contributed by atoms with Crippen LogP contribution in [0.1, 0.15) is 11.1 Å². The van der Waals surface area contributed by atoms with E-state index in [1.807, 2.05) is 13.8 Å². The fourth-order valence-corrected chi connectivity index (χ4v) is 5.69. The van der Waals surface area contributed by atoms with E-state index < -0.39 is 10.0 Å². The third kappa shape index (κ3) is 3.12. The molecule has 0 aliphatic rings. The van der Waals surface area contributed by atoms with E-state index in [4.69, 9.17) is 4.74 Å². The van der Waals surface area contributed by atoms with E-state index in [1.165, 1.54) is 11.1 Å². The highest BCUT2D eigenvalue weighted by atomic mass is 79.9. The second-order valence-corrected chi connectivity index (χ2v) is 9.23. The SMILES string of the molecule is COc1cnccc1-c1c(Br)c2nccc(C)c2n1S(=O)(=O)c1ccc(C)cc1. The highest BCUT2D eigenvalue weighted by Crippen LogP contribution is 2.43. The molecule has 0 unspecified atom stereocenters.